The fourth-order valence-electron chi connectivity index (χ4n) is 4.10. The van der Waals surface area contributed by atoms with E-state index >= 15 is 0 Å². The zero-order chi connectivity index (χ0) is 19.5. The number of nitrogens with zero attached hydrogens (tertiary/aromatic N) is 6. The Hall–Kier alpha value is -1.94. The predicted octanol–water partition coefficient (Wildman–Crippen LogP) is 0.587. The van der Waals surface area contributed by atoms with Crippen LogP contribution < -0.4 is 21.3 Å². The van der Waals surface area contributed by atoms with Gasteiger partial charge in [0, 0.05) is 26.2 Å². The van der Waals surface area contributed by atoms with Crippen LogP contribution in [-0.4, -0.2) is 86.8 Å². The molecule has 4 N–H and O–H groups in total. The summed E-state index contributed by atoms with van der Waals surface area (Å²) < 4.78 is 0. The van der Waals surface area contributed by atoms with E-state index in [1.54, 1.807) is 0 Å². The fourth-order valence-corrected chi connectivity index (χ4v) is 4.10. The minimum atomic E-state index is -0.717. The zero-order valence-corrected chi connectivity index (χ0v) is 19.2. The van der Waals surface area contributed by atoms with Crippen molar-refractivity contribution in [3.05, 3.63) is 0 Å². The van der Waals surface area contributed by atoms with Gasteiger partial charge in [-0.15, -0.1) is 24.8 Å². The Morgan fingerprint density at radius 3 is 1.03 bits per heavy atom. The fraction of sp³-hybridized carbons (Fsp3) is 0.778. The molecule has 0 radical (unpaired) electrons. The topological polar surface area (TPSA) is 122 Å². The van der Waals surface area contributed by atoms with Crippen molar-refractivity contribution in [1.29, 1.82) is 0 Å². The maximum absolute atomic E-state index is 4.97. The molecule has 0 saturated carbocycles. The van der Waals surface area contributed by atoms with Gasteiger partial charge in [-0.05, 0) is 12.8 Å². The first kappa shape index (κ1) is 24.3. The Labute approximate surface area is 189 Å². The highest BCUT2D eigenvalue weighted by atomic mass is 35.5. The second kappa shape index (κ2) is 10.4. The highest BCUT2D eigenvalue weighted by Crippen LogP contribution is 2.28. The van der Waals surface area contributed by atoms with Crippen LogP contribution in [0.5, 0.6) is 0 Å². The van der Waals surface area contributed by atoms with Gasteiger partial charge in [-0.2, -0.15) is 10.2 Å². The van der Waals surface area contributed by atoms with Crippen molar-refractivity contribution in [3.8, 4) is 0 Å². The molecule has 0 aromatic carbocycles. The highest BCUT2D eigenvalue weighted by Gasteiger charge is 2.47. The first-order valence-corrected chi connectivity index (χ1v) is 10.3. The molecule has 0 saturated heterocycles. The molecular weight excluding hydrogens is 427 g/mol. The molecule has 0 bridgehead atoms. The third-order valence-corrected chi connectivity index (χ3v) is 5.68. The summed E-state index contributed by atoms with van der Waals surface area (Å²) in [4.78, 5) is 18.7. The van der Waals surface area contributed by atoms with Gasteiger partial charge in [-0.25, -0.2) is 0 Å². The van der Waals surface area contributed by atoms with Gasteiger partial charge >= 0.3 is 0 Å². The van der Waals surface area contributed by atoms with Crippen LogP contribution in [-0.2, 0) is 0 Å². The molecule has 12 heteroatoms. The van der Waals surface area contributed by atoms with E-state index < -0.39 is 11.1 Å². The lowest BCUT2D eigenvalue weighted by Gasteiger charge is -2.32. The molecule has 0 unspecified atom stereocenters. The summed E-state index contributed by atoms with van der Waals surface area (Å²) in [5.74, 6) is 3.39. The Kier molecular flexibility index (Phi) is 8.42. The smallest absolute Gasteiger partial charge is 0.194 e. The van der Waals surface area contributed by atoms with E-state index in [4.69, 9.17) is 10.2 Å². The van der Waals surface area contributed by atoms with Gasteiger partial charge in [0.15, 0.2) is 11.1 Å². The molecule has 168 valence electrons. The number of rotatable bonds is 8. The SMILES string of the molecule is CCC(N=NC(CC)(C1=NCCN1)C1=NCCN1)(C1=NCCN1)C1=NCCN1.Cl.Cl. The molecule has 0 aromatic rings. The second-order valence-electron chi connectivity index (χ2n) is 7.26. The molecule has 4 aliphatic rings. The summed E-state index contributed by atoms with van der Waals surface area (Å²) in [6.45, 7) is 10.5. The number of hydrogen-bond donors (Lipinski definition) is 4. The van der Waals surface area contributed by atoms with E-state index in [9.17, 15) is 0 Å². The van der Waals surface area contributed by atoms with Crippen molar-refractivity contribution >= 4 is 48.2 Å². The first-order valence-electron chi connectivity index (χ1n) is 10.3. The summed E-state index contributed by atoms with van der Waals surface area (Å²) in [6, 6.07) is 0. The summed E-state index contributed by atoms with van der Waals surface area (Å²) in [7, 11) is 0. The van der Waals surface area contributed by atoms with Crippen molar-refractivity contribution in [1.82, 2.24) is 21.3 Å². The highest BCUT2D eigenvalue weighted by molar-refractivity contribution is 6.17. The molecule has 4 aliphatic heterocycles. The molecule has 4 heterocycles. The molecule has 4 rings (SSSR count). The third kappa shape index (κ3) is 4.12. The van der Waals surface area contributed by atoms with Crippen molar-refractivity contribution in [2.75, 3.05) is 52.4 Å². The van der Waals surface area contributed by atoms with Crippen molar-refractivity contribution in [3.63, 3.8) is 0 Å². The van der Waals surface area contributed by atoms with Crippen molar-refractivity contribution < 1.29 is 0 Å². The van der Waals surface area contributed by atoms with Gasteiger partial charge in [-0.3, -0.25) is 20.0 Å². The van der Waals surface area contributed by atoms with Crippen LogP contribution in [0.3, 0.4) is 0 Å². The van der Waals surface area contributed by atoms with E-state index in [0.29, 0.717) is 12.8 Å². The molecule has 0 aromatic heterocycles. The van der Waals surface area contributed by atoms with E-state index in [-0.39, 0.29) is 24.8 Å². The lowest BCUT2D eigenvalue weighted by molar-refractivity contribution is 0.563. The maximum Gasteiger partial charge on any atom is 0.194 e. The minimum absolute atomic E-state index is 0. The van der Waals surface area contributed by atoms with E-state index in [0.717, 1.165) is 75.7 Å². The molecule has 0 amide bonds. The lowest BCUT2D eigenvalue weighted by atomic mass is 9.92. The summed E-state index contributed by atoms with van der Waals surface area (Å²) in [6.07, 6.45) is 1.43. The van der Waals surface area contributed by atoms with E-state index in [1.165, 1.54) is 0 Å². The van der Waals surface area contributed by atoms with Gasteiger partial charge < -0.3 is 21.3 Å². The van der Waals surface area contributed by atoms with Gasteiger partial charge in [0.25, 0.3) is 0 Å². The van der Waals surface area contributed by atoms with Crippen LogP contribution in [0.15, 0.2) is 30.2 Å². The average Bonchev–Trinajstić information content (AvgIpc) is 3.54. The van der Waals surface area contributed by atoms with Gasteiger partial charge in [-0.1, -0.05) is 13.8 Å². The number of halogens is 2. The maximum atomic E-state index is 4.97. The van der Waals surface area contributed by atoms with Crippen LogP contribution in [0.2, 0.25) is 0 Å². The first-order chi connectivity index (χ1) is 13.7. The largest absolute Gasteiger partial charge is 0.369 e. The van der Waals surface area contributed by atoms with E-state index in [1.807, 2.05) is 0 Å². The number of aliphatic imine (C=N–C) groups is 4. The van der Waals surface area contributed by atoms with Gasteiger partial charge in [0.2, 0.25) is 0 Å². The Morgan fingerprint density at radius 1 is 0.600 bits per heavy atom. The van der Waals surface area contributed by atoms with Crippen LogP contribution in [0.1, 0.15) is 26.7 Å². The number of azo groups is 1. The number of nitrogens with one attached hydrogen (secondary N) is 4. The van der Waals surface area contributed by atoms with E-state index in [2.05, 4.69) is 55.1 Å². The average molecular weight is 459 g/mol. The van der Waals surface area contributed by atoms with Crippen LogP contribution in [0.4, 0.5) is 0 Å². The molecule has 30 heavy (non-hydrogen) atoms. The van der Waals surface area contributed by atoms with Crippen molar-refractivity contribution in [2.24, 2.45) is 30.2 Å². The van der Waals surface area contributed by atoms with Crippen LogP contribution in [0, 0.1) is 0 Å². The summed E-state index contributed by atoms with van der Waals surface area (Å²) in [5.41, 5.74) is -1.43. The monoisotopic (exact) mass is 458 g/mol. The standard InChI is InChI=1S/C18H30N10.2ClH/c1-3-17(13-19-5-6-20-13,14-21-7-8-22-14)27-28-18(4-2,15-23-9-10-24-15)16-25-11-12-26-16;;/h3-12H2,1-2H3,(H,19,20)(H,21,22)(H,23,24)(H,25,26);2*1H. The Morgan fingerprint density at radius 2 is 0.867 bits per heavy atom. The molecule has 10 nitrogen and oxygen atoms in total. The molecule has 0 fully saturated rings. The summed E-state index contributed by atoms with van der Waals surface area (Å²) in [5, 5.41) is 23.5. The Bertz CT molecular complexity index is 648. The lowest BCUT2D eigenvalue weighted by Crippen LogP contribution is -2.56. The van der Waals surface area contributed by atoms with Crippen molar-refractivity contribution in [2.45, 2.75) is 37.8 Å². The van der Waals surface area contributed by atoms with Crippen LogP contribution in [0.25, 0.3) is 0 Å². The quantitative estimate of drug-likeness (QED) is 0.397. The van der Waals surface area contributed by atoms with Gasteiger partial charge in [0.05, 0.1) is 26.2 Å². The van der Waals surface area contributed by atoms with Gasteiger partial charge in [0.1, 0.15) is 23.3 Å². The minimum Gasteiger partial charge on any atom is -0.369 e. The molecule has 0 aliphatic carbocycles. The molecule has 0 atom stereocenters. The zero-order valence-electron chi connectivity index (χ0n) is 17.6. The van der Waals surface area contributed by atoms with Crippen LogP contribution >= 0.6 is 24.8 Å². The number of amidine groups is 4. The normalized spacial score (nSPS) is 20.7. The Balaban J connectivity index is 0.00000160. The predicted molar refractivity (Wildman–Crippen MR) is 127 cm³/mol. The molecule has 0 spiro atoms. The number of hydrogen-bond acceptors (Lipinski definition) is 10. The second-order valence-corrected chi connectivity index (χ2v) is 7.26. The third-order valence-electron chi connectivity index (χ3n) is 5.68. The summed E-state index contributed by atoms with van der Waals surface area (Å²) >= 11 is 0. The molecular formula is C18H32Cl2N10.